The van der Waals surface area contributed by atoms with Gasteiger partial charge in [-0.2, -0.15) is 0 Å². The predicted octanol–water partition coefficient (Wildman–Crippen LogP) is 7.00. The highest BCUT2D eigenvalue weighted by molar-refractivity contribution is 7.26. The number of benzene rings is 3. The lowest BCUT2D eigenvalue weighted by molar-refractivity contribution is 0.597. The van der Waals surface area contributed by atoms with E-state index < -0.39 is 0 Å². The maximum Gasteiger partial charge on any atom is 0.0495 e. The molecule has 2 heteroatoms. The maximum atomic E-state index is 2.39. The smallest absolute Gasteiger partial charge is 0.0495 e. The van der Waals surface area contributed by atoms with Gasteiger partial charge in [-0.05, 0) is 29.2 Å². The number of hydrogen-bond donors (Lipinski definition) is 0. The molecule has 124 valence electrons. The van der Waals surface area contributed by atoms with E-state index in [1.54, 1.807) is 0 Å². The second-order valence-corrected chi connectivity index (χ2v) is 9.03. The Kier molecular flexibility index (Phi) is 2.91. The van der Waals surface area contributed by atoms with Crippen LogP contribution in [0.2, 0.25) is 0 Å². The topological polar surface area (TPSA) is 4.93 Å². The molecule has 2 aromatic heterocycles. The SMILES string of the molecule is Cn1c2ccccc2c2cc3sc4c(C(C)(C)C)cccc4c3cc21. The highest BCUT2D eigenvalue weighted by Gasteiger charge is 2.20. The van der Waals surface area contributed by atoms with Gasteiger partial charge in [0.2, 0.25) is 0 Å². The Bertz CT molecular complexity index is 1280. The van der Waals surface area contributed by atoms with Crippen LogP contribution >= 0.6 is 11.3 Å². The Morgan fingerprint density at radius 3 is 2.32 bits per heavy atom. The van der Waals surface area contributed by atoms with Gasteiger partial charge < -0.3 is 4.57 Å². The van der Waals surface area contributed by atoms with Crippen molar-refractivity contribution < 1.29 is 0 Å². The van der Waals surface area contributed by atoms with E-state index in [9.17, 15) is 0 Å². The van der Waals surface area contributed by atoms with Crippen LogP contribution in [0.4, 0.5) is 0 Å². The van der Waals surface area contributed by atoms with Crippen LogP contribution in [0, 0.1) is 0 Å². The highest BCUT2D eigenvalue weighted by Crippen LogP contribution is 2.42. The van der Waals surface area contributed by atoms with Gasteiger partial charge in [0.05, 0.1) is 0 Å². The Balaban J connectivity index is 1.97. The molecule has 0 aliphatic heterocycles. The minimum Gasteiger partial charge on any atom is -0.344 e. The Morgan fingerprint density at radius 1 is 0.760 bits per heavy atom. The van der Waals surface area contributed by atoms with Crippen molar-refractivity contribution in [1.29, 1.82) is 0 Å². The summed E-state index contributed by atoms with van der Waals surface area (Å²) in [4.78, 5) is 0. The summed E-state index contributed by atoms with van der Waals surface area (Å²) in [7, 11) is 2.17. The van der Waals surface area contributed by atoms with E-state index in [-0.39, 0.29) is 5.41 Å². The first-order valence-corrected chi connectivity index (χ1v) is 9.60. The van der Waals surface area contributed by atoms with Crippen molar-refractivity contribution >= 4 is 53.3 Å². The van der Waals surface area contributed by atoms with Gasteiger partial charge in [-0.1, -0.05) is 57.2 Å². The van der Waals surface area contributed by atoms with Gasteiger partial charge in [0, 0.05) is 49.0 Å². The molecule has 0 aliphatic carbocycles. The third-order valence-electron chi connectivity index (χ3n) is 5.34. The van der Waals surface area contributed by atoms with E-state index >= 15 is 0 Å². The average Bonchev–Trinajstić information content (AvgIpc) is 3.08. The summed E-state index contributed by atoms with van der Waals surface area (Å²) in [5, 5.41) is 5.47. The minimum absolute atomic E-state index is 0.159. The van der Waals surface area contributed by atoms with E-state index in [2.05, 4.69) is 87.0 Å². The molecule has 2 heterocycles. The zero-order chi connectivity index (χ0) is 17.3. The predicted molar refractivity (Wildman–Crippen MR) is 112 cm³/mol. The molecular weight excluding hydrogens is 322 g/mol. The summed E-state index contributed by atoms with van der Waals surface area (Å²) in [5.41, 5.74) is 4.22. The van der Waals surface area contributed by atoms with Gasteiger partial charge in [0.25, 0.3) is 0 Å². The van der Waals surface area contributed by atoms with Gasteiger partial charge in [-0.15, -0.1) is 11.3 Å². The number of hydrogen-bond acceptors (Lipinski definition) is 1. The minimum atomic E-state index is 0.159. The van der Waals surface area contributed by atoms with Gasteiger partial charge >= 0.3 is 0 Å². The molecule has 0 fully saturated rings. The van der Waals surface area contributed by atoms with Crippen LogP contribution in [0.3, 0.4) is 0 Å². The van der Waals surface area contributed by atoms with Crippen LogP contribution in [0.1, 0.15) is 26.3 Å². The average molecular weight is 343 g/mol. The van der Waals surface area contributed by atoms with Crippen molar-refractivity contribution in [3.8, 4) is 0 Å². The Labute approximate surface area is 151 Å². The van der Waals surface area contributed by atoms with E-state index in [0.717, 1.165) is 0 Å². The quantitative estimate of drug-likeness (QED) is 0.285. The summed E-state index contributed by atoms with van der Waals surface area (Å²) in [6.07, 6.45) is 0. The molecule has 0 atom stereocenters. The summed E-state index contributed by atoms with van der Waals surface area (Å²) in [6.45, 7) is 6.91. The first-order chi connectivity index (χ1) is 11.9. The molecular formula is C23H21NS. The van der Waals surface area contributed by atoms with Crippen molar-refractivity contribution in [1.82, 2.24) is 4.57 Å². The molecule has 3 aromatic carbocycles. The lowest BCUT2D eigenvalue weighted by atomic mass is 9.86. The number of para-hydroxylation sites is 1. The normalized spacial score (nSPS) is 12.8. The summed E-state index contributed by atoms with van der Waals surface area (Å²) < 4.78 is 5.14. The molecule has 0 bridgehead atoms. The van der Waals surface area contributed by atoms with Gasteiger partial charge in [0.15, 0.2) is 0 Å². The van der Waals surface area contributed by atoms with Crippen molar-refractivity contribution in [3.63, 3.8) is 0 Å². The van der Waals surface area contributed by atoms with Crippen LogP contribution < -0.4 is 0 Å². The number of fused-ring (bicyclic) bond motifs is 6. The van der Waals surface area contributed by atoms with Crippen LogP contribution in [0.15, 0.2) is 54.6 Å². The number of nitrogens with zero attached hydrogens (tertiary/aromatic N) is 1. The molecule has 1 nitrogen and oxygen atoms in total. The van der Waals surface area contributed by atoms with Crippen LogP contribution in [0.25, 0.3) is 42.0 Å². The summed E-state index contributed by atoms with van der Waals surface area (Å²) in [5.74, 6) is 0. The van der Waals surface area contributed by atoms with E-state index in [1.807, 2.05) is 11.3 Å². The zero-order valence-corrected chi connectivity index (χ0v) is 15.9. The third kappa shape index (κ3) is 2.01. The Morgan fingerprint density at radius 2 is 1.52 bits per heavy atom. The highest BCUT2D eigenvalue weighted by atomic mass is 32.1. The lowest BCUT2D eigenvalue weighted by Gasteiger charge is -2.19. The molecule has 25 heavy (non-hydrogen) atoms. The fourth-order valence-corrected chi connectivity index (χ4v) is 5.49. The molecule has 0 unspecified atom stereocenters. The van der Waals surface area contributed by atoms with Crippen LogP contribution in [-0.4, -0.2) is 4.57 Å². The van der Waals surface area contributed by atoms with Gasteiger partial charge in [-0.3, -0.25) is 0 Å². The standard InChI is InChI=1S/C23H21NS/c1-23(2,3)18-10-7-9-15-17-12-20-16(13-21(17)25-22(15)18)14-8-5-6-11-19(14)24(20)4/h5-13H,1-4H3. The number of rotatable bonds is 0. The molecule has 0 saturated heterocycles. The van der Waals surface area contributed by atoms with Crippen molar-refractivity contribution in [3.05, 3.63) is 60.2 Å². The zero-order valence-electron chi connectivity index (χ0n) is 15.1. The summed E-state index contributed by atoms with van der Waals surface area (Å²) >= 11 is 1.94. The first-order valence-electron chi connectivity index (χ1n) is 8.78. The fourth-order valence-electron chi connectivity index (χ4n) is 4.04. The number of thiophene rings is 1. The largest absolute Gasteiger partial charge is 0.344 e. The Hall–Kier alpha value is -2.32. The van der Waals surface area contributed by atoms with Crippen molar-refractivity contribution in [2.75, 3.05) is 0 Å². The van der Waals surface area contributed by atoms with Gasteiger partial charge in [-0.25, -0.2) is 0 Å². The fraction of sp³-hybridized carbons (Fsp3) is 0.217. The third-order valence-corrected chi connectivity index (χ3v) is 6.54. The molecule has 0 radical (unpaired) electrons. The molecule has 0 N–H and O–H groups in total. The molecule has 0 aliphatic rings. The van der Waals surface area contributed by atoms with Crippen LogP contribution in [0.5, 0.6) is 0 Å². The van der Waals surface area contributed by atoms with Crippen molar-refractivity contribution in [2.24, 2.45) is 7.05 Å². The second-order valence-electron chi connectivity index (χ2n) is 7.98. The number of aromatic nitrogens is 1. The molecule has 0 spiro atoms. The lowest BCUT2D eigenvalue weighted by Crippen LogP contribution is -2.10. The number of aryl methyl sites for hydroxylation is 1. The maximum absolute atomic E-state index is 2.39. The summed E-state index contributed by atoms with van der Waals surface area (Å²) in [6, 6.07) is 20.2. The van der Waals surface area contributed by atoms with Crippen molar-refractivity contribution in [2.45, 2.75) is 26.2 Å². The molecule has 0 saturated carbocycles. The van der Waals surface area contributed by atoms with Crippen LogP contribution in [-0.2, 0) is 12.5 Å². The van der Waals surface area contributed by atoms with Gasteiger partial charge in [0.1, 0.15) is 0 Å². The first kappa shape index (κ1) is 15.0. The van der Waals surface area contributed by atoms with E-state index in [1.165, 1.54) is 47.5 Å². The van der Waals surface area contributed by atoms with E-state index in [0.29, 0.717) is 0 Å². The van der Waals surface area contributed by atoms with E-state index in [4.69, 9.17) is 0 Å². The molecule has 5 aromatic rings. The monoisotopic (exact) mass is 343 g/mol. The second kappa shape index (κ2) is 4.86. The molecule has 5 rings (SSSR count). The molecule has 0 amide bonds.